The molecule has 2 atom stereocenters. The van der Waals surface area contributed by atoms with Crippen molar-refractivity contribution in [2.75, 3.05) is 19.7 Å². The van der Waals surface area contributed by atoms with Gasteiger partial charge in [0.15, 0.2) is 5.11 Å². The maximum absolute atomic E-state index is 13.4. The molecule has 0 unspecified atom stereocenters. The summed E-state index contributed by atoms with van der Waals surface area (Å²) in [5.74, 6) is -1.04. The molecule has 0 saturated carbocycles. The molecule has 2 amide bonds. The van der Waals surface area contributed by atoms with E-state index in [1.54, 1.807) is 54.6 Å². The zero-order valence-corrected chi connectivity index (χ0v) is 15.9. The summed E-state index contributed by atoms with van der Waals surface area (Å²) in [5, 5.41) is 19.5. The molecule has 8 heteroatoms. The van der Waals surface area contributed by atoms with Gasteiger partial charge in [-0.2, -0.15) is 0 Å². The molecule has 1 aliphatic heterocycles. The topological polar surface area (TPSA) is 107 Å². The van der Waals surface area contributed by atoms with Gasteiger partial charge in [-0.1, -0.05) is 48.5 Å². The van der Waals surface area contributed by atoms with Gasteiger partial charge in [-0.3, -0.25) is 9.69 Å². The number of carbonyl (C=O) groups is 2. The number of rotatable bonds is 4. The highest BCUT2D eigenvalue weighted by molar-refractivity contribution is 7.80. The van der Waals surface area contributed by atoms with E-state index in [4.69, 9.17) is 18.0 Å². The van der Waals surface area contributed by atoms with E-state index in [0.29, 0.717) is 11.1 Å². The monoisotopic (exact) mass is 399 g/mol. The molecule has 0 radical (unpaired) electrons. The van der Waals surface area contributed by atoms with Crippen LogP contribution in [0, 0.1) is 5.92 Å². The lowest BCUT2D eigenvalue weighted by atomic mass is 9.79. The van der Waals surface area contributed by atoms with Crippen LogP contribution in [0.3, 0.4) is 0 Å². The number of hydrogen-bond acceptors (Lipinski definition) is 4. The largest absolute Gasteiger partial charge is 0.465 e. The maximum atomic E-state index is 13.4. The Labute approximate surface area is 168 Å². The Morgan fingerprint density at radius 1 is 1.14 bits per heavy atom. The van der Waals surface area contributed by atoms with Gasteiger partial charge in [0.2, 0.25) is 0 Å². The predicted molar refractivity (Wildman–Crippen MR) is 108 cm³/mol. The molecule has 28 heavy (non-hydrogen) atoms. The van der Waals surface area contributed by atoms with Gasteiger partial charge in [-0.05, 0) is 29.9 Å². The standard InChI is InChI=1S/C20H21N3O4S/c21-18(28)23(17(25)14-7-3-1-4-8-14)20(15-9-5-2-6-10-15)13-22(19(26)27)11-16(20)12-24/h1-10,16,24H,11-13H2,(H2,21,28)(H,26,27)/t16-,20+/m0/s1. The van der Waals surface area contributed by atoms with Crippen LogP contribution in [0.25, 0.3) is 0 Å². The molecule has 1 saturated heterocycles. The number of nitrogens with two attached hydrogens (primary N) is 1. The van der Waals surface area contributed by atoms with Crippen LogP contribution in [0.2, 0.25) is 0 Å². The maximum Gasteiger partial charge on any atom is 0.407 e. The van der Waals surface area contributed by atoms with E-state index in [-0.39, 0.29) is 24.8 Å². The van der Waals surface area contributed by atoms with E-state index in [2.05, 4.69) is 0 Å². The van der Waals surface area contributed by atoms with Crippen LogP contribution < -0.4 is 5.73 Å². The summed E-state index contributed by atoms with van der Waals surface area (Å²) in [6.45, 7) is -0.324. The second kappa shape index (κ2) is 7.95. The Morgan fingerprint density at radius 2 is 1.71 bits per heavy atom. The van der Waals surface area contributed by atoms with Crippen molar-refractivity contribution < 1.29 is 19.8 Å². The van der Waals surface area contributed by atoms with Crippen molar-refractivity contribution in [2.45, 2.75) is 5.54 Å². The lowest BCUT2D eigenvalue weighted by Crippen LogP contribution is -2.59. The molecule has 1 fully saturated rings. The lowest BCUT2D eigenvalue weighted by molar-refractivity contribution is 0.0530. The van der Waals surface area contributed by atoms with E-state index in [1.165, 1.54) is 9.80 Å². The van der Waals surface area contributed by atoms with Gasteiger partial charge in [0.25, 0.3) is 5.91 Å². The van der Waals surface area contributed by atoms with Crippen molar-refractivity contribution in [1.82, 2.24) is 9.80 Å². The number of thiocarbonyl (C=S) groups is 1. The van der Waals surface area contributed by atoms with Gasteiger partial charge in [-0.25, -0.2) is 4.79 Å². The fraction of sp³-hybridized carbons (Fsp3) is 0.250. The predicted octanol–water partition coefficient (Wildman–Crippen LogP) is 1.87. The summed E-state index contributed by atoms with van der Waals surface area (Å²) in [6.07, 6.45) is -1.13. The van der Waals surface area contributed by atoms with E-state index >= 15 is 0 Å². The third-order valence-electron chi connectivity index (χ3n) is 5.16. The number of carboxylic acid groups (broad SMARTS) is 1. The van der Waals surface area contributed by atoms with Crippen molar-refractivity contribution in [3.05, 3.63) is 71.8 Å². The summed E-state index contributed by atoms with van der Waals surface area (Å²) in [7, 11) is 0. The molecule has 1 heterocycles. The van der Waals surface area contributed by atoms with Gasteiger partial charge in [0.1, 0.15) is 0 Å². The molecule has 0 aliphatic carbocycles. The Balaban J connectivity index is 2.21. The molecule has 146 valence electrons. The van der Waals surface area contributed by atoms with E-state index < -0.39 is 23.5 Å². The third kappa shape index (κ3) is 3.32. The average molecular weight is 399 g/mol. The van der Waals surface area contributed by atoms with Gasteiger partial charge in [0.05, 0.1) is 18.7 Å². The molecule has 2 aromatic rings. The second-order valence-corrected chi connectivity index (χ2v) is 7.10. The number of nitrogens with zero attached hydrogens (tertiary/aromatic N) is 2. The summed E-state index contributed by atoms with van der Waals surface area (Å²) in [4.78, 5) is 27.5. The quantitative estimate of drug-likeness (QED) is 0.678. The first-order valence-corrected chi connectivity index (χ1v) is 9.16. The van der Waals surface area contributed by atoms with E-state index in [9.17, 15) is 19.8 Å². The molecule has 0 spiro atoms. The fourth-order valence-electron chi connectivity index (χ4n) is 3.88. The Hall–Kier alpha value is -2.97. The first kappa shape index (κ1) is 19.8. The number of hydrogen-bond donors (Lipinski definition) is 3. The molecule has 2 aromatic carbocycles. The van der Waals surface area contributed by atoms with Crippen LogP contribution in [0.5, 0.6) is 0 Å². The fourth-order valence-corrected chi connectivity index (χ4v) is 4.13. The summed E-state index contributed by atoms with van der Waals surface area (Å²) >= 11 is 5.24. The van der Waals surface area contributed by atoms with Crippen LogP contribution in [0.1, 0.15) is 15.9 Å². The summed E-state index contributed by atoms with van der Waals surface area (Å²) < 4.78 is 0. The van der Waals surface area contributed by atoms with Crippen LogP contribution in [-0.2, 0) is 5.54 Å². The zero-order valence-electron chi connectivity index (χ0n) is 15.1. The lowest BCUT2D eigenvalue weighted by Gasteiger charge is -2.43. The Morgan fingerprint density at radius 3 is 2.21 bits per heavy atom. The van der Waals surface area contributed by atoms with Crippen molar-refractivity contribution in [3.8, 4) is 0 Å². The number of carbonyl (C=O) groups excluding carboxylic acids is 1. The normalized spacial score (nSPS) is 21.3. The van der Waals surface area contributed by atoms with E-state index in [1.807, 2.05) is 6.07 Å². The highest BCUT2D eigenvalue weighted by Crippen LogP contribution is 2.43. The number of likely N-dealkylation sites (tertiary alicyclic amines) is 1. The number of benzene rings is 2. The van der Waals surface area contributed by atoms with Crippen molar-refractivity contribution >= 4 is 29.3 Å². The van der Waals surface area contributed by atoms with Crippen molar-refractivity contribution in [1.29, 1.82) is 0 Å². The number of amides is 2. The third-order valence-corrected chi connectivity index (χ3v) is 5.34. The van der Waals surface area contributed by atoms with Crippen molar-refractivity contribution in [3.63, 3.8) is 0 Å². The zero-order chi connectivity index (χ0) is 20.3. The summed E-state index contributed by atoms with van der Waals surface area (Å²) in [5.41, 5.74) is 5.82. The van der Waals surface area contributed by atoms with Crippen LogP contribution in [0.15, 0.2) is 60.7 Å². The minimum atomic E-state index is -1.22. The molecule has 7 nitrogen and oxygen atoms in total. The molecular formula is C20H21N3O4S. The highest BCUT2D eigenvalue weighted by atomic mass is 32.1. The second-order valence-electron chi connectivity index (χ2n) is 6.68. The molecule has 0 bridgehead atoms. The van der Waals surface area contributed by atoms with Crippen LogP contribution in [0.4, 0.5) is 4.79 Å². The van der Waals surface area contributed by atoms with Crippen LogP contribution in [-0.4, -0.2) is 56.8 Å². The van der Waals surface area contributed by atoms with Crippen LogP contribution >= 0.6 is 12.2 Å². The van der Waals surface area contributed by atoms with Gasteiger partial charge in [-0.15, -0.1) is 0 Å². The number of aliphatic hydroxyl groups is 1. The molecular weight excluding hydrogens is 378 g/mol. The smallest absolute Gasteiger partial charge is 0.407 e. The van der Waals surface area contributed by atoms with Gasteiger partial charge in [0, 0.05) is 18.0 Å². The summed E-state index contributed by atoms with van der Waals surface area (Å²) in [6, 6.07) is 17.5. The van der Waals surface area contributed by atoms with Crippen molar-refractivity contribution in [2.24, 2.45) is 11.7 Å². The first-order chi connectivity index (χ1) is 13.4. The Bertz CT molecular complexity index is 878. The molecule has 0 aromatic heterocycles. The molecule has 1 aliphatic rings. The highest BCUT2D eigenvalue weighted by Gasteiger charge is 2.55. The van der Waals surface area contributed by atoms with Gasteiger partial charge >= 0.3 is 6.09 Å². The average Bonchev–Trinajstić information content (AvgIpc) is 3.10. The first-order valence-electron chi connectivity index (χ1n) is 8.75. The SMILES string of the molecule is NC(=S)N(C(=O)c1ccccc1)[C@@]1(c2ccccc2)CN(C(=O)O)C[C@H]1CO. The number of aliphatic hydroxyl groups excluding tert-OH is 1. The van der Waals surface area contributed by atoms with Gasteiger partial charge < -0.3 is 20.8 Å². The molecule has 4 N–H and O–H groups in total. The minimum Gasteiger partial charge on any atom is -0.465 e. The minimum absolute atomic E-state index is 0.0481. The Kier molecular flexibility index (Phi) is 5.62. The molecule has 3 rings (SSSR count). The van der Waals surface area contributed by atoms with E-state index in [0.717, 1.165) is 0 Å².